The molecule has 2 aromatic rings. The van der Waals surface area contributed by atoms with E-state index in [9.17, 15) is 9.59 Å². The first-order chi connectivity index (χ1) is 14.6. The Bertz CT molecular complexity index is 929. The van der Waals surface area contributed by atoms with Crippen LogP contribution in [-0.4, -0.2) is 72.0 Å². The summed E-state index contributed by atoms with van der Waals surface area (Å²) in [7, 11) is 0. The van der Waals surface area contributed by atoms with E-state index in [1.807, 2.05) is 41.0 Å². The van der Waals surface area contributed by atoms with Gasteiger partial charge < -0.3 is 20.0 Å². The van der Waals surface area contributed by atoms with Gasteiger partial charge in [-0.25, -0.2) is 4.79 Å². The molecule has 0 saturated carbocycles. The molecule has 0 bridgehead atoms. The van der Waals surface area contributed by atoms with E-state index in [1.165, 1.54) is 0 Å². The number of hydrogen-bond acceptors (Lipinski definition) is 4. The van der Waals surface area contributed by atoms with Crippen LogP contribution in [-0.2, 0) is 4.79 Å². The van der Waals surface area contributed by atoms with Gasteiger partial charge in [0.25, 0.3) is 0 Å². The lowest BCUT2D eigenvalue weighted by Gasteiger charge is -2.37. The number of urea groups is 1. The van der Waals surface area contributed by atoms with Crippen LogP contribution in [0.15, 0.2) is 30.5 Å². The van der Waals surface area contributed by atoms with Gasteiger partial charge in [-0.05, 0) is 50.5 Å². The SMILES string of the molecule is CCN1CCCC[C@H](NC(=O)N2CCN(c3ccnc4cc(Cl)ccc34)CC2)C1=O. The molecule has 30 heavy (non-hydrogen) atoms. The zero-order valence-electron chi connectivity index (χ0n) is 17.3. The summed E-state index contributed by atoms with van der Waals surface area (Å²) in [5.41, 5.74) is 1.97. The number of likely N-dealkylation sites (tertiary alicyclic amines) is 1. The minimum atomic E-state index is -0.410. The minimum Gasteiger partial charge on any atom is -0.367 e. The highest BCUT2D eigenvalue weighted by Gasteiger charge is 2.30. The number of hydrogen-bond donors (Lipinski definition) is 1. The summed E-state index contributed by atoms with van der Waals surface area (Å²) >= 11 is 6.10. The van der Waals surface area contributed by atoms with Crippen LogP contribution in [0.4, 0.5) is 10.5 Å². The van der Waals surface area contributed by atoms with Gasteiger partial charge in [-0.15, -0.1) is 0 Å². The molecule has 2 saturated heterocycles. The van der Waals surface area contributed by atoms with E-state index in [0.717, 1.165) is 49.1 Å². The Hall–Kier alpha value is -2.54. The van der Waals surface area contributed by atoms with Crippen LogP contribution in [0, 0.1) is 0 Å². The number of carbonyl (C=O) groups is 2. The Kier molecular flexibility index (Phi) is 6.27. The zero-order valence-corrected chi connectivity index (χ0v) is 18.1. The third-order valence-corrected chi connectivity index (χ3v) is 6.28. The quantitative estimate of drug-likeness (QED) is 0.813. The third kappa shape index (κ3) is 4.31. The molecule has 1 atom stereocenters. The Morgan fingerprint density at radius 3 is 2.73 bits per heavy atom. The van der Waals surface area contributed by atoms with Crippen molar-refractivity contribution in [1.29, 1.82) is 0 Å². The van der Waals surface area contributed by atoms with Crippen molar-refractivity contribution in [1.82, 2.24) is 20.1 Å². The first-order valence-corrected chi connectivity index (χ1v) is 11.1. The third-order valence-electron chi connectivity index (χ3n) is 6.05. The van der Waals surface area contributed by atoms with Crippen LogP contribution in [0.1, 0.15) is 26.2 Å². The van der Waals surface area contributed by atoms with Gasteiger partial charge in [0, 0.05) is 61.6 Å². The van der Waals surface area contributed by atoms with Gasteiger partial charge in [-0.1, -0.05) is 11.6 Å². The molecule has 2 aliphatic rings. The molecule has 3 heterocycles. The van der Waals surface area contributed by atoms with E-state index in [-0.39, 0.29) is 11.9 Å². The molecule has 1 N–H and O–H groups in total. The van der Waals surface area contributed by atoms with Gasteiger partial charge in [-0.3, -0.25) is 9.78 Å². The van der Waals surface area contributed by atoms with Crippen molar-refractivity contribution in [3.63, 3.8) is 0 Å². The zero-order chi connectivity index (χ0) is 21.1. The number of halogens is 1. The van der Waals surface area contributed by atoms with Crippen LogP contribution in [0.5, 0.6) is 0 Å². The summed E-state index contributed by atoms with van der Waals surface area (Å²) in [6, 6.07) is 7.20. The molecule has 0 spiro atoms. The van der Waals surface area contributed by atoms with E-state index < -0.39 is 6.04 Å². The van der Waals surface area contributed by atoms with Crippen molar-refractivity contribution in [2.24, 2.45) is 0 Å². The summed E-state index contributed by atoms with van der Waals surface area (Å²) in [6.45, 7) is 6.14. The molecule has 8 heteroatoms. The number of fused-ring (bicyclic) bond motifs is 1. The largest absolute Gasteiger partial charge is 0.367 e. The monoisotopic (exact) mass is 429 g/mol. The second kappa shape index (κ2) is 9.08. The second-order valence-corrected chi connectivity index (χ2v) is 8.32. The predicted octanol–water partition coefficient (Wildman–Crippen LogP) is 3.12. The van der Waals surface area contributed by atoms with Crippen molar-refractivity contribution in [3.8, 4) is 0 Å². The first kappa shape index (κ1) is 20.7. The van der Waals surface area contributed by atoms with Gasteiger partial charge >= 0.3 is 6.03 Å². The van der Waals surface area contributed by atoms with E-state index in [2.05, 4.69) is 15.2 Å². The number of aromatic nitrogens is 1. The van der Waals surface area contributed by atoms with Gasteiger partial charge in [0.05, 0.1) is 5.52 Å². The van der Waals surface area contributed by atoms with E-state index >= 15 is 0 Å². The predicted molar refractivity (Wildman–Crippen MR) is 119 cm³/mol. The fourth-order valence-electron chi connectivity index (χ4n) is 4.33. The number of anilines is 1. The Balaban J connectivity index is 1.39. The standard InChI is InChI=1S/C22H28ClN5O2/c1-2-26-10-4-3-5-18(21(26)29)25-22(30)28-13-11-27(12-14-28)20-8-9-24-19-15-16(23)6-7-17(19)20/h6-9,15,18H,2-5,10-14H2,1H3,(H,25,30)/t18-/m0/s1. The van der Waals surface area contributed by atoms with Gasteiger partial charge in [0.1, 0.15) is 6.04 Å². The summed E-state index contributed by atoms with van der Waals surface area (Å²) in [4.78, 5) is 35.8. The molecule has 160 valence electrons. The Labute approximate surface area is 182 Å². The summed E-state index contributed by atoms with van der Waals surface area (Å²) in [5, 5.41) is 4.71. The lowest BCUT2D eigenvalue weighted by atomic mass is 10.1. The number of piperazine rings is 1. The van der Waals surface area contributed by atoms with Crippen molar-refractivity contribution in [2.75, 3.05) is 44.2 Å². The molecule has 2 aliphatic heterocycles. The molecule has 4 rings (SSSR count). The fraction of sp³-hybridized carbons (Fsp3) is 0.500. The lowest BCUT2D eigenvalue weighted by Crippen LogP contribution is -2.56. The van der Waals surface area contributed by atoms with E-state index in [1.54, 1.807) is 6.20 Å². The maximum absolute atomic E-state index is 12.8. The fourth-order valence-corrected chi connectivity index (χ4v) is 4.49. The molecule has 0 radical (unpaired) electrons. The normalized spacial score (nSPS) is 20.4. The maximum atomic E-state index is 12.8. The van der Waals surface area contributed by atoms with Crippen molar-refractivity contribution in [3.05, 3.63) is 35.5 Å². The maximum Gasteiger partial charge on any atom is 0.318 e. The van der Waals surface area contributed by atoms with Gasteiger partial charge in [-0.2, -0.15) is 0 Å². The molecule has 1 aromatic carbocycles. The number of nitrogens with zero attached hydrogens (tertiary/aromatic N) is 4. The number of pyridine rings is 1. The number of benzene rings is 1. The van der Waals surface area contributed by atoms with Gasteiger partial charge in [0.2, 0.25) is 5.91 Å². The lowest BCUT2D eigenvalue weighted by molar-refractivity contribution is -0.132. The molecular weight excluding hydrogens is 402 g/mol. The van der Waals surface area contributed by atoms with Crippen LogP contribution in [0.25, 0.3) is 10.9 Å². The summed E-state index contributed by atoms with van der Waals surface area (Å²) in [5.74, 6) is 0.0453. The molecule has 1 aromatic heterocycles. The highest BCUT2D eigenvalue weighted by atomic mass is 35.5. The minimum absolute atomic E-state index is 0.0453. The van der Waals surface area contributed by atoms with Crippen molar-refractivity contribution < 1.29 is 9.59 Å². The number of likely N-dealkylation sites (N-methyl/N-ethyl adjacent to an activating group) is 1. The van der Waals surface area contributed by atoms with E-state index in [4.69, 9.17) is 11.6 Å². The van der Waals surface area contributed by atoms with Crippen LogP contribution in [0.3, 0.4) is 0 Å². The molecule has 3 amide bonds. The summed E-state index contributed by atoms with van der Waals surface area (Å²) < 4.78 is 0. The van der Waals surface area contributed by atoms with Crippen LogP contribution >= 0.6 is 11.6 Å². The van der Waals surface area contributed by atoms with Crippen molar-refractivity contribution >= 4 is 40.1 Å². The first-order valence-electron chi connectivity index (χ1n) is 10.7. The highest BCUT2D eigenvalue weighted by molar-refractivity contribution is 6.31. The number of nitrogens with one attached hydrogen (secondary N) is 1. The second-order valence-electron chi connectivity index (χ2n) is 7.88. The number of amides is 3. The molecular formula is C22H28ClN5O2. The molecule has 0 aliphatic carbocycles. The summed E-state index contributed by atoms with van der Waals surface area (Å²) in [6.07, 6.45) is 4.46. The number of carbonyl (C=O) groups excluding carboxylic acids is 2. The smallest absolute Gasteiger partial charge is 0.318 e. The van der Waals surface area contributed by atoms with E-state index in [0.29, 0.717) is 31.1 Å². The number of rotatable bonds is 3. The average Bonchev–Trinajstić information content (AvgIpc) is 2.94. The molecule has 0 unspecified atom stereocenters. The Morgan fingerprint density at radius 1 is 1.17 bits per heavy atom. The van der Waals surface area contributed by atoms with Gasteiger partial charge in [0.15, 0.2) is 0 Å². The Morgan fingerprint density at radius 2 is 1.97 bits per heavy atom. The van der Waals surface area contributed by atoms with Crippen LogP contribution < -0.4 is 10.2 Å². The average molecular weight is 430 g/mol. The van der Waals surface area contributed by atoms with Crippen LogP contribution in [0.2, 0.25) is 5.02 Å². The molecule has 2 fully saturated rings. The topological polar surface area (TPSA) is 68.8 Å². The highest BCUT2D eigenvalue weighted by Crippen LogP contribution is 2.28. The molecule has 7 nitrogen and oxygen atoms in total. The van der Waals surface area contributed by atoms with Crippen molar-refractivity contribution in [2.45, 2.75) is 32.2 Å².